The minimum Gasteiger partial charge on any atom is -0.369 e. The van der Waals surface area contributed by atoms with Gasteiger partial charge in [-0.1, -0.05) is 18.2 Å². The maximum Gasteiger partial charge on any atom is 0.179 e. The van der Waals surface area contributed by atoms with Crippen LogP contribution in [0.15, 0.2) is 48.5 Å². The van der Waals surface area contributed by atoms with Crippen LogP contribution in [0.4, 0.5) is 10.1 Å². The number of rotatable bonds is 4. The van der Waals surface area contributed by atoms with Crippen LogP contribution in [0.25, 0.3) is 10.9 Å². The highest BCUT2D eigenvalue weighted by Gasteiger charge is 2.23. The van der Waals surface area contributed by atoms with Crippen LogP contribution in [0.1, 0.15) is 16.1 Å². The number of Topliss-reactive ketones (excluding diaryl/α,β-unsaturated/α-hetero) is 1. The smallest absolute Gasteiger partial charge is 0.179 e. The molecular weight excluding hydrogens is 341 g/mol. The van der Waals surface area contributed by atoms with Gasteiger partial charge in [-0.15, -0.1) is 0 Å². The zero-order valence-electron chi connectivity index (χ0n) is 15.8. The van der Waals surface area contributed by atoms with Gasteiger partial charge >= 0.3 is 0 Å². The number of ketones is 1. The van der Waals surface area contributed by atoms with Crippen LogP contribution in [-0.4, -0.2) is 48.0 Å². The molecule has 0 N–H and O–H groups in total. The number of carbonyl (C=O) groups excluding carboxylic acids is 1. The summed E-state index contributed by atoms with van der Waals surface area (Å²) >= 11 is 0. The first-order valence-electron chi connectivity index (χ1n) is 9.34. The van der Waals surface area contributed by atoms with E-state index in [1.165, 1.54) is 12.1 Å². The number of carbonyl (C=O) groups is 1. The molecule has 27 heavy (non-hydrogen) atoms. The lowest BCUT2D eigenvalue weighted by atomic mass is 10.1. The molecule has 0 atom stereocenters. The van der Waals surface area contributed by atoms with Gasteiger partial charge in [0.1, 0.15) is 5.82 Å². The summed E-state index contributed by atoms with van der Waals surface area (Å²) in [6.45, 7) is 5.78. The summed E-state index contributed by atoms with van der Waals surface area (Å²) in [4.78, 5) is 17.5. The Morgan fingerprint density at radius 1 is 1.00 bits per heavy atom. The van der Waals surface area contributed by atoms with Crippen molar-refractivity contribution in [3.63, 3.8) is 0 Å². The topological polar surface area (TPSA) is 28.5 Å². The molecule has 1 saturated heterocycles. The van der Waals surface area contributed by atoms with Crippen molar-refractivity contribution in [1.82, 2.24) is 9.47 Å². The van der Waals surface area contributed by atoms with E-state index in [4.69, 9.17) is 0 Å². The van der Waals surface area contributed by atoms with Gasteiger partial charge in [0.05, 0.1) is 6.54 Å². The third-order valence-corrected chi connectivity index (χ3v) is 5.61. The standard InChI is InChI=1S/C22H24FN3O/c1-16-22(19-5-3-4-6-20(19)24(16)2)21(27)15-25-11-13-26(14-12-25)18-9-7-17(23)8-10-18/h3-10H,11-15H2,1-2H3. The Labute approximate surface area is 158 Å². The molecule has 0 saturated carbocycles. The average Bonchev–Trinajstić information content (AvgIpc) is 2.94. The fourth-order valence-electron chi connectivity index (χ4n) is 3.97. The van der Waals surface area contributed by atoms with Crippen molar-refractivity contribution in [2.24, 2.45) is 7.05 Å². The van der Waals surface area contributed by atoms with Gasteiger partial charge in [-0.3, -0.25) is 9.69 Å². The van der Waals surface area contributed by atoms with E-state index < -0.39 is 0 Å². The Hall–Kier alpha value is -2.66. The summed E-state index contributed by atoms with van der Waals surface area (Å²) in [6.07, 6.45) is 0. The molecule has 0 spiro atoms. The van der Waals surface area contributed by atoms with Crippen molar-refractivity contribution >= 4 is 22.4 Å². The number of halogens is 1. The Balaban J connectivity index is 1.44. The lowest BCUT2D eigenvalue weighted by molar-refractivity contribution is 0.0927. The molecule has 0 radical (unpaired) electrons. The third kappa shape index (κ3) is 3.35. The van der Waals surface area contributed by atoms with Crippen LogP contribution in [0.5, 0.6) is 0 Å². The van der Waals surface area contributed by atoms with Gasteiger partial charge in [0.15, 0.2) is 5.78 Å². The fraction of sp³-hybridized carbons (Fsp3) is 0.318. The number of nitrogens with zero attached hydrogens (tertiary/aromatic N) is 3. The number of aryl methyl sites for hydroxylation is 1. The second-order valence-electron chi connectivity index (χ2n) is 7.20. The molecule has 2 heterocycles. The molecule has 140 valence electrons. The summed E-state index contributed by atoms with van der Waals surface area (Å²) in [7, 11) is 2.01. The van der Waals surface area contributed by atoms with Crippen molar-refractivity contribution in [3.05, 3.63) is 65.6 Å². The molecule has 1 fully saturated rings. The van der Waals surface area contributed by atoms with Crippen LogP contribution in [0.2, 0.25) is 0 Å². The molecule has 0 unspecified atom stereocenters. The van der Waals surface area contributed by atoms with Gasteiger partial charge in [-0.25, -0.2) is 4.39 Å². The number of benzene rings is 2. The summed E-state index contributed by atoms with van der Waals surface area (Å²) in [5.41, 5.74) is 3.99. The average molecular weight is 365 g/mol. The molecule has 1 aliphatic heterocycles. The highest BCUT2D eigenvalue weighted by Crippen LogP contribution is 2.25. The highest BCUT2D eigenvalue weighted by molar-refractivity contribution is 6.10. The van der Waals surface area contributed by atoms with Gasteiger partial charge < -0.3 is 9.47 Å². The maximum absolute atomic E-state index is 13.1. The summed E-state index contributed by atoms with van der Waals surface area (Å²) < 4.78 is 15.2. The molecule has 4 nitrogen and oxygen atoms in total. The number of hydrogen-bond acceptors (Lipinski definition) is 3. The lowest BCUT2D eigenvalue weighted by Crippen LogP contribution is -2.48. The van der Waals surface area contributed by atoms with Gasteiger partial charge in [0, 0.05) is 61.1 Å². The Morgan fingerprint density at radius 3 is 2.37 bits per heavy atom. The number of hydrogen-bond donors (Lipinski definition) is 0. The molecule has 0 bridgehead atoms. The first kappa shape index (κ1) is 17.7. The van der Waals surface area contributed by atoms with Crippen molar-refractivity contribution in [3.8, 4) is 0 Å². The van der Waals surface area contributed by atoms with Crippen LogP contribution in [0.3, 0.4) is 0 Å². The van der Waals surface area contributed by atoms with Gasteiger partial charge in [-0.2, -0.15) is 0 Å². The van der Waals surface area contributed by atoms with E-state index in [2.05, 4.69) is 20.4 Å². The van der Waals surface area contributed by atoms with Crippen molar-refractivity contribution < 1.29 is 9.18 Å². The predicted molar refractivity (Wildman–Crippen MR) is 107 cm³/mol. The van der Waals surface area contributed by atoms with E-state index in [9.17, 15) is 9.18 Å². The number of aromatic nitrogens is 1. The first-order chi connectivity index (χ1) is 13.0. The molecular formula is C22H24FN3O. The molecule has 4 rings (SSSR count). The van der Waals surface area contributed by atoms with E-state index in [0.717, 1.165) is 54.0 Å². The molecule has 0 aliphatic carbocycles. The Morgan fingerprint density at radius 2 is 1.67 bits per heavy atom. The molecule has 3 aromatic rings. The molecule has 1 aliphatic rings. The molecule has 5 heteroatoms. The largest absolute Gasteiger partial charge is 0.369 e. The molecule has 2 aromatic carbocycles. The van der Waals surface area contributed by atoms with Crippen LogP contribution in [-0.2, 0) is 7.05 Å². The van der Waals surface area contributed by atoms with Crippen LogP contribution in [0, 0.1) is 12.7 Å². The first-order valence-corrected chi connectivity index (χ1v) is 9.34. The SMILES string of the molecule is Cc1c(C(=O)CN2CCN(c3ccc(F)cc3)CC2)c2ccccc2n1C. The number of piperazine rings is 1. The summed E-state index contributed by atoms with van der Waals surface area (Å²) in [6, 6.07) is 14.7. The van der Waals surface area contributed by atoms with E-state index in [-0.39, 0.29) is 11.6 Å². The number of anilines is 1. The predicted octanol–water partition coefficient (Wildman–Crippen LogP) is 3.63. The second-order valence-corrected chi connectivity index (χ2v) is 7.20. The lowest BCUT2D eigenvalue weighted by Gasteiger charge is -2.35. The normalized spacial score (nSPS) is 15.4. The van der Waals surface area contributed by atoms with Crippen molar-refractivity contribution in [2.75, 3.05) is 37.6 Å². The summed E-state index contributed by atoms with van der Waals surface area (Å²) in [5.74, 6) is -0.0343. The van der Waals surface area contributed by atoms with Crippen molar-refractivity contribution in [2.45, 2.75) is 6.92 Å². The van der Waals surface area contributed by atoms with Crippen molar-refractivity contribution in [1.29, 1.82) is 0 Å². The van der Waals surface area contributed by atoms with Crippen LogP contribution < -0.4 is 4.90 Å². The maximum atomic E-state index is 13.1. The summed E-state index contributed by atoms with van der Waals surface area (Å²) in [5, 5.41) is 1.03. The minimum atomic E-state index is -0.214. The van der Waals surface area contributed by atoms with Crippen LogP contribution >= 0.6 is 0 Å². The zero-order valence-corrected chi connectivity index (χ0v) is 15.8. The fourth-order valence-corrected chi connectivity index (χ4v) is 3.97. The second kappa shape index (κ2) is 7.16. The Kier molecular flexibility index (Phi) is 4.70. The van der Waals surface area contributed by atoms with Gasteiger partial charge in [0.25, 0.3) is 0 Å². The van der Waals surface area contributed by atoms with E-state index in [1.54, 1.807) is 0 Å². The monoisotopic (exact) mass is 365 g/mol. The highest BCUT2D eigenvalue weighted by atomic mass is 19.1. The quantitative estimate of drug-likeness (QED) is 0.661. The van der Waals surface area contributed by atoms with Gasteiger partial charge in [-0.05, 0) is 37.3 Å². The zero-order chi connectivity index (χ0) is 19.0. The molecule has 0 amide bonds. The third-order valence-electron chi connectivity index (χ3n) is 5.61. The van der Waals surface area contributed by atoms with E-state index in [0.29, 0.717) is 6.54 Å². The minimum absolute atomic E-state index is 0.180. The number of fused-ring (bicyclic) bond motifs is 1. The Bertz CT molecular complexity index is 969. The van der Waals surface area contributed by atoms with Gasteiger partial charge in [0.2, 0.25) is 0 Å². The number of para-hydroxylation sites is 1. The van der Waals surface area contributed by atoms with E-state index in [1.807, 2.05) is 44.3 Å². The van der Waals surface area contributed by atoms with E-state index >= 15 is 0 Å². The molecule has 1 aromatic heterocycles.